The number of hydrogen-bond donors (Lipinski definition) is 1. The Hall–Kier alpha value is -1.53. The van der Waals surface area contributed by atoms with Crippen molar-refractivity contribution in [3.8, 4) is 18.1 Å². The van der Waals surface area contributed by atoms with Crippen molar-refractivity contribution in [2.45, 2.75) is 26.4 Å². The van der Waals surface area contributed by atoms with Crippen molar-refractivity contribution < 1.29 is 9.13 Å². The first-order valence-electron chi connectivity index (χ1n) is 5.21. The first-order valence-corrected chi connectivity index (χ1v) is 5.21. The molecule has 0 spiro atoms. The van der Waals surface area contributed by atoms with Crippen LogP contribution in [-0.4, -0.2) is 12.6 Å². The van der Waals surface area contributed by atoms with Gasteiger partial charge in [0.2, 0.25) is 0 Å². The SMILES string of the molecule is C#CCOc1ccc(F)cc1CNC(C)C. The zero-order valence-corrected chi connectivity index (χ0v) is 9.59. The summed E-state index contributed by atoms with van der Waals surface area (Å²) >= 11 is 0. The molecule has 0 atom stereocenters. The molecule has 0 bridgehead atoms. The molecule has 0 saturated carbocycles. The van der Waals surface area contributed by atoms with Crippen molar-refractivity contribution in [3.63, 3.8) is 0 Å². The first-order chi connectivity index (χ1) is 7.63. The number of halogens is 1. The molecule has 0 aliphatic heterocycles. The third-order valence-electron chi connectivity index (χ3n) is 2.03. The van der Waals surface area contributed by atoms with E-state index in [2.05, 4.69) is 11.2 Å². The summed E-state index contributed by atoms with van der Waals surface area (Å²) in [5, 5.41) is 3.21. The van der Waals surface area contributed by atoms with Gasteiger partial charge in [0, 0.05) is 18.2 Å². The number of hydrogen-bond acceptors (Lipinski definition) is 2. The van der Waals surface area contributed by atoms with E-state index in [1.54, 1.807) is 6.07 Å². The highest BCUT2D eigenvalue weighted by Crippen LogP contribution is 2.19. The molecule has 2 nitrogen and oxygen atoms in total. The summed E-state index contributed by atoms with van der Waals surface area (Å²) in [6.45, 7) is 4.82. The molecular formula is C13H16FNO. The third kappa shape index (κ3) is 3.92. The van der Waals surface area contributed by atoms with E-state index in [1.165, 1.54) is 12.1 Å². The minimum Gasteiger partial charge on any atom is -0.481 e. The minimum absolute atomic E-state index is 0.195. The van der Waals surface area contributed by atoms with Gasteiger partial charge in [-0.15, -0.1) is 6.42 Å². The molecule has 0 amide bonds. The van der Waals surface area contributed by atoms with Crippen molar-refractivity contribution in [3.05, 3.63) is 29.6 Å². The van der Waals surface area contributed by atoms with Gasteiger partial charge in [0.15, 0.2) is 0 Å². The maximum absolute atomic E-state index is 13.1. The van der Waals surface area contributed by atoms with Crippen molar-refractivity contribution in [1.29, 1.82) is 0 Å². The zero-order chi connectivity index (χ0) is 12.0. The Morgan fingerprint density at radius 3 is 2.88 bits per heavy atom. The molecule has 0 fully saturated rings. The van der Waals surface area contributed by atoms with Crippen LogP contribution >= 0.6 is 0 Å². The number of nitrogens with one attached hydrogen (secondary N) is 1. The average molecular weight is 221 g/mol. The Morgan fingerprint density at radius 2 is 2.25 bits per heavy atom. The van der Waals surface area contributed by atoms with Crippen LogP contribution in [0.25, 0.3) is 0 Å². The molecule has 86 valence electrons. The van der Waals surface area contributed by atoms with Crippen LogP contribution in [0.15, 0.2) is 18.2 Å². The zero-order valence-electron chi connectivity index (χ0n) is 9.59. The predicted molar refractivity (Wildman–Crippen MR) is 62.7 cm³/mol. The van der Waals surface area contributed by atoms with Crippen LogP contribution in [0, 0.1) is 18.2 Å². The number of terminal acetylenes is 1. The van der Waals surface area contributed by atoms with Crippen LogP contribution in [-0.2, 0) is 6.54 Å². The maximum atomic E-state index is 13.1. The molecule has 0 saturated heterocycles. The highest BCUT2D eigenvalue weighted by Gasteiger charge is 2.05. The summed E-state index contributed by atoms with van der Waals surface area (Å²) in [6, 6.07) is 4.76. The van der Waals surface area contributed by atoms with E-state index >= 15 is 0 Å². The van der Waals surface area contributed by atoms with Gasteiger partial charge < -0.3 is 10.1 Å². The fourth-order valence-corrected chi connectivity index (χ4v) is 1.26. The number of benzene rings is 1. The lowest BCUT2D eigenvalue weighted by molar-refractivity contribution is 0.363. The van der Waals surface area contributed by atoms with E-state index in [-0.39, 0.29) is 12.4 Å². The fraction of sp³-hybridized carbons (Fsp3) is 0.385. The van der Waals surface area contributed by atoms with Gasteiger partial charge in [-0.2, -0.15) is 0 Å². The van der Waals surface area contributed by atoms with Crippen molar-refractivity contribution in [2.24, 2.45) is 0 Å². The molecule has 0 heterocycles. The van der Waals surface area contributed by atoms with Crippen LogP contribution in [0.3, 0.4) is 0 Å². The first kappa shape index (κ1) is 12.5. The molecule has 3 heteroatoms. The lowest BCUT2D eigenvalue weighted by Gasteiger charge is -2.12. The number of rotatable bonds is 5. The molecule has 1 aromatic carbocycles. The van der Waals surface area contributed by atoms with Gasteiger partial charge in [-0.05, 0) is 18.2 Å². The smallest absolute Gasteiger partial charge is 0.148 e. The number of ether oxygens (including phenoxy) is 1. The predicted octanol–water partition coefficient (Wildman–Crippen LogP) is 2.34. The Labute approximate surface area is 95.8 Å². The van der Waals surface area contributed by atoms with Gasteiger partial charge >= 0.3 is 0 Å². The molecule has 0 aromatic heterocycles. The summed E-state index contributed by atoms with van der Waals surface area (Å²) in [6.07, 6.45) is 5.11. The second-order valence-electron chi connectivity index (χ2n) is 3.78. The average Bonchev–Trinajstić information content (AvgIpc) is 2.25. The molecule has 0 aliphatic carbocycles. The van der Waals surface area contributed by atoms with Crippen molar-refractivity contribution >= 4 is 0 Å². The highest BCUT2D eigenvalue weighted by molar-refractivity contribution is 5.34. The summed E-state index contributed by atoms with van der Waals surface area (Å²) in [5.74, 6) is 2.75. The summed E-state index contributed by atoms with van der Waals surface area (Å²) in [4.78, 5) is 0. The lowest BCUT2D eigenvalue weighted by Crippen LogP contribution is -2.22. The van der Waals surface area contributed by atoms with Gasteiger partial charge in [0.1, 0.15) is 18.2 Å². The minimum atomic E-state index is -0.270. The summed E-state index contributed by atoms with van der Waals surface area (Å²) in [5.41, 5.74) is 0.781. The van der Waals surface area contributed by atoms with E-state index < -0.39 is 0 Å². The molecule has 1 rings (SSSR count). The molecule has 16 heavy (non-hydrogen) atoms. The Kier molecular flexibility index (Phi) is 4.81. The fourth-order valence-electron chi connectivity index (χ4n) is 1.26. The van der Waals surface area contributed by atoms with E-state index in [4.69, 9.17) is 11.2 Å². The monoisotopic (exact) mass is 221 g/mol. The molecular weight excluding hydrogens is 205 g/mol. The summed E-state index contributed by atoms with van der Waals surface area (Å²) in [7, 11) is 0. The van der Waals surface area contributed by atoms with Gasteiger partial charge in [-0.3, -0.25) is 0 Å². The van der Waals surface area contributed by atoms with Crippen molar-refractivity contribution in [2.75, 3.05) is 6.61 Å². The van der Waals surface area contributed by atoms with E-state index in [1.807, 2.05) is 13.8 Å². The Balaban J connectivity index is 2.77. The molecule has 0 radical (unpaired) electrons. The lowest BCUT2D eigenvalue weighted by atomic mass is 10.2. The Bertz CT molecular complexity index is 382. The van der Waals surface area contributed by atoms with Crippen LogP contribution in [0.1, 0.15) is 19.4 Å². The van der Waals surface area contributed by atoms with Crippen molar-refractivity contribution in [1.82, 2.24) is 5.32 Å². The molecule has 1 aromatic rings. The van der Waals surface area contributed by atoms with E-state index in [9.17, 15) is 4.39 Å². The maximum Gasteiger partial charge on any atom is 0.148 e. The molecule has 1 N–H and O–H groups in total. The van der Waals surface area contributed by atoms with E-state index in [0.29, 0.717) is 18.3 Å². The highest BCUT2D eigenvalue weighted by atomic mass is 19.1. The third-order valence-corrected chi connectivity index (χ3v) is 2.03. The van der Waals surface area contributed by atoms with Crippen LogP contribution in [0.4, 0.5) is 4.39 Å². The topological polar surface area (TPSA) is 21.3 Å². The van der Waals surface area contributed by atoms with E-state index in [0.717, 1.165) is 5.56 Å². The van der Waals surface area contributed by atoms with Crippen LogP contribution < -0.4 is 10.1 Å². The second-order valence-corrected chi connectivity index (χ2v) is 3.78. The van der Waals surface area contributed by atoms with Gasteiger partial charge in [0.25, 0.3) is 0 Å². The quantitative estimate of drug-likeness (QED) is 0.770. The summed E-state index contributed by atoms with van der Waals surface area (Å²) < 4.78 is 18.4. The standard InChI is InChI=1S/C13H16FNO/c1-4-7-16-13-6-5-12(14)8-11(13)9-15-10(2)3/h1,5-6,8,10,15H,7,9H2,2-3H3. The second kappa shape index (κ2) is 6.14. The molecule has 0 unspecified atom stereocenters. The Morgan fingerprint density at radius 1 is 1.50 bits per heavy atom. The molecule has 0 aliphatic rings. The largest absolute Gasteiger partial charge is 0.481 e. The van der Waals surface area contributed by atoms with Gasteiger partial charge in [-0.25, -0.2) is 4.39 Å². The van der Waals surface area contributed by atoms with Crippen LogP contribution in [0.5, 0.6) is 5.75 Å². The van der Waals surface area contributed by atoms with Gasteiger partial charge in [0.05, 0.1) is 0 Å². The normalized spacial score (nSPS) is 10.2. The van der Waals surface area contributed by atoms with Gasteiger partial charge in [-0.1, -0.05) is 19.8 Å². The van der Waals surface area contributed by atoms with Crippen LogP contribution in [0.2, 0.25) is 0 Å².